The van der Waals surface area contributed by atoms with Gasteiger partial charge in [-0.05, 0) is 13.8 Å². The van der Waals surface area contributed by atoms with E-state index in [1.54, 1.807) is 13.0 Å². The minimum absolute atomic E-state index is 0.131. The number of carbonyl (C=O) groups excluding carboxylic acids is 1. The number of nitrogens with zero attached hydrogens (tertiary/aromatic N) is 4. The Morgan fingerprint density at radius 3 is 2.95 bits per heavy atom. The van der Waals surface area contributed by atoms with Crippen molar-refractivity contribution >= 4 is 17.7 Å². The molecule has 0 radical (unpaired) electrons. The van der Waals surface area contributed by atoms with Gasteiger partial charge in [0.1, 0.15) is 5.82 Å². The predicted octanol–water partition coefficient (Wildman–Crippen LogP) is 0.853. The van der Waals surface area contributed by atoms with Crippen molar-refractivity contribution in [3.8, 4) is 5.82 Å². The van der Waals surface area contributed by atoms with Crippen LogP contribution in [0.2, 0.25) is 0 Å². The van der Waals surface area contributed by atoms with Crippen LogP contribution in [0, 0.1) is 0 Å². The van der Waals surface area contributed by atoms with Gasteiger partial charge in [-0.3, -0.25) is 0 Å². The number of carbonyl (C=O) groups is 1. The van der Waals surface area contributed by atoms with Crippen molar-refractivity contribution < 1.29 is 9.53 Å². The SMILES string of the molecule is CCNc1cc(-n2cc(C(=O)OCC)cn2)nc(N)n1. The van der Waals surface area contributed by atoms with Gasteiger partial charge in [0.15, 0.2) is 5.82 Å². The Morgan fingerprint density at radius 2 is 2.25 bits per heavy atom. The van der Waals surface area contributed by atoms with Crippen LogP contribution in [0.3, 0.4) is 0 Å². The van der Waals surface area contributed by atoms with Crippen molar-refractivity contribution in [3.05, 3.63) is 24.0 Å². The maximum absolute atomic E-state index is 11.6. The zero-order valence-electron chi connectivity index (χ0n) is 11.3. The Labute approximate surface area is 116 Å². The van der Waals surface area contributed by atoms with Gasteiger partial charge in [-0.25, -0.2) is 9.48 Å². The van der Waals surface area contributed by atoms with E-state index in [1.807, 2.05) is 6.92 Å². The molecule has 0 atom stereocenters. The van der Waals surface area contributed by atoms with Crippen LogP contribution in [-0.2, 0) is 4.74 Å². The Hall–Kier alpha value is -2.64. The molecule has 20 heavy (non-hydrogen) atoms. The molecule has 0 amide bonds. The van der Waals surface area contributed by atoms with Crippen LogP contribution < -0.4 is 11.1 Å². The van der Waals surface area contributed by atoms with Crippen LogP contribution in [0.5, 0.6) is 0 Å². The van der Waals surface area contributed by atoms with E-state index in [1.165, 1.54) is 17.1 Å². The van der Waals surface area contributed by atoms with Crippen molar-refractivity contribution in [1.82, 2.24) is 19.7 Å². The highest BCUT2D eigenvalue weighted by Crippen LogP contribution is 2.12. The second-order valence-corrected chi connectivity index (χ2v) is 3.89. The van der Waals surface area contributed by atoms with Crippen LogP contribution >= 0.6 is 0 Å². The van der Waals surface area contributed by atoms with E-state index >= 15 is 0 Å². The average Bonchev–Trinajstić information content (AvgIpc) is 2.88. The smallest absolute Gasteiger partial charge is 0.341 e. The van der Waals surface area contributed by atoms with E-state index in [-0.39, 0.29) is 5.95 Å². The highest BCUT2D eigenvalue weighted by Gasteiger charge is 2.11. The highest BCUT2D eigenvalue weighted by molar-refractivity contribution is 5.88. The molecule has 0 fully saturated rings. The van der Waals surface area contributed by atoms with E-state index in [2.05, 4.69) is 20.4 Å². The van der Waals surface area contributed by atoms with Gasteiger partial charge in [0.2, 0.25) is 5.95 Å². The molecule has 8 nitrogen and oxygen atoms in total. The molecule has 0 spiro atoms. The van der Waals surface area contributed by atoms with Gasteiger partial charge in [0, 0.05) is 18.8 Å². The Morgan fingerprint density at radius 1 is 1.45 bits per heavy atom. The number of aromatic nitrogens is 4. The second-order valence-electron chi connectivity index (χ2n) is 3.89. The standard InChI is InChI=1S/C12H16N6O2/c1-3-14-9-5-10(17-12(13)16-9)18-7-8(6-15-18)11(19)20-4-2/h5-7H,3-4H2,1-2H3,(H3,13,14,16,17). The maximum atomic E-state index is 11.6. The molecule has 2 aromatic heterocycles. The number of nitrogens with two attached hydrogens (primary N) is 1. The molecular formula is C12H16N6O2. The number of ether oxygens (including phenoxy) is 1. The third kappa shape index (κ3) is 3.02. The molecule has 0 aliphatic carbocycles. The summed E-state index contributed by atoms with van der Waals surface area (Å²) in [5, 5.41) is 7.12. The number of nitrogen functional groups attached to an aromatic ring is 1. The number of esters is 1. The lowest BCUT2D eigenvalue weighted by molar-refractivity contribution is 0.0526. The summed E-state index contributed by atoms with van der Waals surface area (Å²) in [7, 11) is 0. The van der Waals surface area contributed by atoms with Crippen molar-refractivity contribution in [1.29, 1.82) is 0 Å². The lowest BCUT2D eigenvalue weighted by Gasteiger charge is -2.06. The summed E-state index contributed by atoms with van der Waals surface area (Å²) in [6.07, 6.45) is 2.96. The summed E-state index contributed by atoms with van der Waals surface area (Å²) in [4.78, 5) is 19.7. The molecule has 2 heterocycles. The lowest BCUT2D eigenvalue weighted by atomic mass is 10.4. The van der Waals surface area contributed by atoms with Crippen LogP contribution in [0.1, 0.15) is 24.2 Å². The molecule has 0 bridgehead atoms. The Kier molecular flexibility index (Phi) is 4.14. The molecule has 0 saturated carbocycles. The van der Waals surface area contributed by atoms with Gasteiger partial charge >= 0.3 is 5.97 Å². The van der Waals surface area contributed by atoms with Gasteiger partial charge < -0.3 is 15.8 Å². The molecule has 3 N–H and O–H groups in total. The highest BCUT2D eigenvalue weighted by atomic mass is 16.5. The van der Waals surface area contributed by atoms with E-state index < -0.39 is 5.97 Å². The lowest BCUT2D eigenvalue weighted by Crippen LogP contribution is -2.08. The van der Waals surface area contributed by atoms with Gasteiger partial charge in [-0.1, -0.05) is 0 Å². The quantitative estimate of drug-likeness (QED) is 0.779. The summed E-state index contributed by atoms with van der Waals surface area (Å²) < 4.78 is 6.35. The van der Waals surface area contributed by atoms with Crippen molar-refractivity contribution in [2.75, 3.05) is 24.2 Å². The van der Waals surface area contributed by atoms with Crippen LogP contribution in [0.15, 0.2) is 18.5 Å². The molecule has 0 aliphatic rings. The fraction of sp³-hybridized carbons (Fsp3) is 0.333. The topological polar surface area (TPSA) is 108 Å². The van der Waals surface area contributed by atoms with E-state index in [0.717, 1.165) is 0 Å². The second kappa shape index (κ2) is 6.00. The predicted molar refractivity (Wildman–Crippen MR) is 73.7 cm³/mol. The fourth-order valence-electron chi connectivity index (χ4n) is 1.61. The first-order chi connectivity index (χ1) is 9.63. The Bertz CT molecular complexity index is 610. The monoisotopic (exact) mass is 276 g/mol. The normalized spacial score (nSPS) is 10.3. The number of rotatable bonds is 5. The third-order valence-corrected chi connectivity index (χ3v) is 2.42. The molecule has 2 rings (SSSR count). The minimum Gasteiger partial charge on any atom is -0.462 e. The first kappa shape index (κ1) is 13.8. The number of anilines is 2. The van der Waals surface area contributed by atoms with Crippen molar-refractivity contribution in [2.45, 2.75) is 13.8 Å². The molecule has 106 valence electrons. The summed E-state index contributed by atoms with van der Waals surface area (Å²) in [6.45, 7) is 4.72. The summed E-state index contributed by atoms with van der Waals surface area (Å²) in [5.74, 6) is 0.784. The van der Waals surface area contributed by atoms with Gasteiger partial charge in [0.25, 0.3) is 0 Å². The molecule has 0 aliphatic heterocycles. The summed E-state index contributed by atoms with van der Waals surface area (Å²) >= 11 is 0. The van der Waals surface area contributed by atoms with Crippen LogP contribution in [0.4, 0.5) is 11.8 Å². The molecular weight excluding hydrogens is 260 g/mol. The average molecular weight is 276 g/mol. The molecule has 0 aromatic carbocycles. The molecule has 0 unspecified atom stereocenters. The van der Waals surface area contributed by atoms with Crippen LogP contribution in [-0.4, -0.2) is 38.9 Å². The number of nitrogens with one attached hydrogen (secondary N) is 1. The number of hydrogen-bond acceptors (Lipinski definition) is 7. The first-order valence-electron chi connectivity index (χ1n) is 6.24. The zero-order valence-corrected chi connectivity index (χ0v) is 11.3. The zero-order chi connectivity index (χ0) is 14.5. The first-order valence-corrected chi connectivity index (χ1v) is 6.24. The maximum Gasteiger partial charge on any atom is 0.341 e. The van der Waals surface area contributed by atoms with E-state index in [9.17, 15) is 4.79 Å². The van der Waals surface area contributed by atoms with Crippen molar-refractivity contribution in [2.24, 2.45) is 0 Å². The number of hydrogen-bond donors (Lipinski definition) is 2. The van der Waals surface area contributed by atoms with E-state index in [4.69, 9.17) is 10.5 Å². The van der Waals surface area contributed by atoms with Crippen LogP contribution in [0.25, 0.3) is 5.82 Å². The summed E-state index contributed by atoms with van der Waals surface area (Å²) in [5.41, 5.74) is 6.00. The third-order valence-electron chi connectivity index (χ3n) is 2.42. The van der Waals surface area contributed by atoms with Gasteiger partial charge in [-0.2, -0.15) is 15.1 Å². The molecule has 0 saturated heterocycles. The Balaban J connectivity index is 2.29. The van der Waals surface area contributed by atoms with Gasteiger partial charge in [0.05, 0.1) is 18.4 Å². The fourth-order valence-corrected chi connectivity index (χ4v) is 1.61. The van der Waals surface area contributed by atoms with Crippen molar-refractivity contribution in [3.63, 3.8) is 0 Å². The molecule has 2 aromatic rings. The molecule has 8 heteroatoms. The summed E-state index contributed by atoms with van der Waals surface area (Å²) in [6, 6.07) is 1.70. The van der Waals surface area contributed by atoms with E-state index in [0.29, 0.717) is 30.4 Å². The largest absolute Gasteiger partial charge is 0.462 e. The van der Waals surface area contributed by atoms with Gasteiger partial charge in [-0.15, -0.1) is 0 Å². The minimum atomic E-state index is -0.423.